The number of carbonyl (C=O) groups excluding carboxylic acids is 1. The van der Waals surface area contributed by atoms with Gasteiger partial charge < -0.3 is 15.3 Å². The Morgan fingerprint density at radius 3 is 2.41 bits per heavy atom. The third-order valence-corrected chi connectivity index (χ3v) is 7.90. The quantitative estimate of drug-likeness (QED) is 0.826. The summed E-state index contributed by atoms with van der Waals surface area (Å²) in [5.74, 6) is 0.511. The first kappa shape index (κ1) is 17.4. The number of nitrogens with zero attached hydrogens (tertiary/aromatic N) is 1. The highest BCUT2D eigenvalue weighted by Gasteiger charge is 2.61. The molecular formula is C21H25ClN2O3. The van der Waals surface area contributed by atoms with E-state index in [0.717, 1.165) is 37.7 Å². The molecule has 0 spiro atoms. The molecule has 3 atom stereocenters. The van der Waals surface area contributed by atoms with Gasteiger partial charge in [0.15, 0.2) is 0 Å². The van der Waals surface area contributed by atoms with Crippen LogP contribution < -0.4 is 5.32 Å². The topological polar surface area (TPSA) is 69.6 Å². The van der Waals surface area contributed by atoms with Gasteiger partial charge in [0, 0.05) is 17.6 Å². The summed E-state index contributed by atoms with van der Waals surface area (Å²) in [5.41, 5.74) is 0.0670. The van der Waals surface area contributed by atoms with E-state index < -0.39 is 16.9 Å². The summed E-state index contributed by atoms with van der Waals surface area (Å²) in [7, 11) is 0. The second-order valence-corrected chi connectivity index (χ2v) is 9.88. The highest BCUT2D eigenvalue weighted by molar-refractivity contribution is 6.30. The smallest absolute Gasteiger partial charge is 0.318 e. The molecule has 144 valence electrons. The fourth-order valence-corrected chi connectivity index (χ4v) is 6.88. The molecule has 5 nitrogen and oxygen atoms in total. The van der Waals surface area contributed by atoms with Crippen molar-refractivity contribution in [2.45, 2.75) is 50.6 Å². The maximum atomic E-state index is 12.9. The first-order valence-electron chi connectivity index (χ1n) is 9.88. The number of amides is 2. The van der Waals surface area contributed by atoms with Crippen LogP contribution in [0.4, 0.5) is 4.79 Å². The normalized spacial score (nSPS) is 42.4. The molecule has 1 saturated heterocycles. The van der Waals surface area contributed by atoms with Gasteiger partial charge in [-0.2, -0.15) is 0 Å². The third-order valence-electron chi connectivity index (χ3n) is 7.65. The van der Waals surface area contributed by atoms with Crippen LogP contribution in [0.5, 0.6) is 0 Å². The zero-order chi connectivity index (χ0) is 19.0. The summed E-state index contributed by atoms with van der Waals surface area (Å²) < 4.78 is 0. The van der Waals surface area contributed by atoms with Crippen LogP contribution in [0, 0.1) is 23.2 Å². The van der Waals surface area contributed by atoms with Gasteiger partial charge in [-0.1, -0.05) is 23.7 Å². The number of benzene rings is 1. The minimum absolute atomic E-state index is 0.0192. The Kier molecular flexibility index (Phi) is 3.62. The highest BCUT2D eigenvalue weighted by Crippen LogP contribution is 2.61. The van der Waals surface area contributed by atoms with E-state index in [2.05, 4.69) is 12.2 Å². The number of halogens is 1. The molecule has 4 bridgehead atoms. The van der Waals surface area contributed by atoms with E-state index >= 15 is 0 Å². The van der Waals surface area contributed by atoms with Crippen molar-refractivity contribution in [3.05, 3.63) is 34.9 Å². The first-order chi connectivity index (χ1) is 12.8. The van der Waals surface area contributed by atoms with Gasteiger partial charge in [-0.15, -0.1) is 0 Å². The zero-order valence-corrected chi connectivity index (χ0v) is 16.2. The molecule has 5 fully saturated rings. The maximum Gasteiger partial charge on any atom is 0.318 e. The molecule has 2 amide bonds. The summed E-state index contributed by atoms with van der Waals surface area (Å²) in [6.45, 7) is 2.68. The number of carboxylic acids is 1. The van der Waals surface area contributed by atoms with Gasteiger partial charge in [0.25, 0.3) is 0 Å². The van der Waals surface area contributed by atoms with Gasteiger partial charge >= 0.3 is 12.0 Å². The van der Waals surface area contributed by atoms with E-state index in [4.69, 9.17) is 11.6 Å². The molecule has 3 unspecified atom stereocenters. The van der Waals surface area contributed by atoms with Crippen LogP contribution in [-0.2, 0) is 10.3 Å². The first-order valence-corrected chi connectivity index (χ1v) is 10.3. The highest BCUT2D eigenvalue weighted by atomic mass is 35.5. The van der Waals surface area contributed by atoms with Crippen molar-refractivity contribution in [2.24, 2.45) is 23.2 Å². The Bertz CT molecular complexity index is 794. The van der Waals surface area contributed by atoms with E-state index in [1.54, 1.807) is 0 Å². The van der Waals surface area contributed by atoms with Gasteiger partial charge in [-0.05, 0) is 74.5 Å². The molecule has 0 radical (unpaired) electrons. The number of hydrogen-bond donors (Lipinski definition) is 2. The van der Waals surface area contributed by atoms with Crippen LogP contribution in [0.3, 0.4) is 0 Å². The molecule has 1 heterocycles. The number of carboxylic acid groups (broad SMARTS) is 1. The van der Waals surface area contributed by atoms with Crippen molar-refractivity contribution < 1.29 is 14.7 Å². The fraction of sp³-hybridized carbons (Fsp3) is 0.619. The van der Waals surface area contributed by atoms with Crippen molar-refractivity contribution >= 4 is 23.6 Å². The molecule has 1 aliphatic heterocycles. The largest absolute Gasteiger partial charge is 0.481 e. The van der Waals surface area contributed by atoms with E-state index in [-0.39, 0.29) is 12.1 Å². The summed E-state index contributed by atoms with van der Waals surface area (Å²) in [6.07, 6.45) is 4.41. The van der Waals surface area contributed by atoms with Crippen LogP contribution >= 0.6 is 11.6 Å². The molecule has 1 aromatic carbocycles. The molecule has 5 aliphatic rings. The SMILES string of the molecule is CC1(c2ccc(Cl)cc2)CN(C2C3CC4CC2CC(C(=O)O)(C4)C3)C(=O)N1. The van der Waals surface area contributed by atoms with Crippen molar-refractivity contribution in [1.82, 2.24) is 10.2 Å². The molecule has 4 saturated carbocycles. The Balaban J connectivity index is 1.42. The molecule has 6 rings (SSSR count). The van der Waals surface area contributed by atoms with Crippen molar-refractivity contribution in [2.75, 3.05) is 6.54 Å². The van der Waals surface area contributed by atoms with Gasteiger partial charge in [-0.25, -0.2) is 4.79 Å². The molecule has 0 aromatic heterocycles. The number of hydrogen-bond acceptors (Lipinski definition) is 2. The molecule has 4 aliphatic carbocycles. The number of rotatable bonds is 3. The molecular weight excluding hydrogens is 364 g/mol. The lowest BCUT2D eigenvalue weighted by Crippen LogP contribution is -2.61. The van der Waals surface area contributed by atoms with Gasteiger partial charge in [0.1, 0.15) is 0 Å². The summed E-state index contributed by atoms with van der Waals surface area (Å²) >= 11 is 6.02. The average Bonchev–Trinajstić information content (AvgIpc) is 2.90. The van der Waals surface area contributed by atoms with Crippen molar-refractivity contribution in [1.29, 1.82) is 0 Å². The number of nitrogens with one attached hydrogen (secondary N) is 1. The summed E-state index contributed by atoms with van der Waals surface area (Å²) in [6, 6.07) is 7.81. The van der Waals surface area contributed by atoms with E-state index in [0.29, 0.717) is 29.3 Å². The molecule has 6 heteroatoms. The van der Waals surface area contributed by atoms with Crippen LogP contribution in [0.15, 0.2) is 24.3 Å². The Morgan fingerprint density at radius 2 is 1.81 bits per heavy atom. The van der Waals surface area contributed by atoms with E-state index in [1.165, 1.54) is 0 Å². The number of carbonyl (C=O) groups is 2. The van der Waals surface area contributed by atoms with Gasteiger partial charge in [0.05, 0.1) is 11.0 Å². The minimum Gasteiger partial charge on any atom is -0.481 e. The second kappa shape index (κ2) is 5.63. The standard InChI is InChI=1S/C21H25ClN2O3/c1-20(15-2-4-16(22)5-3-15)11-24(19(27)23-20)17-13-6-12-7-14(17)10-21(8-12,9-13)18(25)26/h2-5,12-14,17H,6-11H2,1H3,(H,23,27)(H,25,26). The van der Waals surface area contributed by atoms with Crippen LogP contribution in [0.25, 0.3) is 0 Å². The summed E-state index contributed by atoms with van der Waals surface area (Å²) in [4.78, 5) is 26.9. The van der Waals surface area contributed by atoms with Crippen LogP contribution in [-0.4, -0.2) is 34.6 Å². The third kappa shape index (κ3) is 2.50. The van der Waals surface area contributed by atoms with Crippen LogP contribution in [0.1, 0.15) is 44.6 Å². The Morgan fingerprint density at radius 1 is 1.19 bits per heavy atom. The predicted molar refractivity (Wildman–Crippen MR) is 101 cm³/mol. The molecule has 27 heavy (non-hydrogen) atoms. The molecule has 1 aromatic rings. The Labute approximate surface area is 164 Å². The number of urea groups is 1. The zero-order valence-electron chi connectivity index (χ0n) is 15.5. The Hall–Kier alpha value is -1.75. The monoisotopic (exact) mass is 388 g/mol. The minimum atomic E-state index is -0.628. The van der Waals surface area contributed by atoms with E-state index in [9.17, 15) is 14.7 Å². The fourth-order valence-electron chi connectivity index (χ4n) is 6.75. The predicted octanol–water partition coefficient (Wildman–Crippen LogP) is 3.86. The lowest BCUT2D eigenvalue weighted by molar-refractivity contribution is -0.170. The summed E-state index contributed by atoms with van der Waals surface area (Å²) in [5, 5.41) is 13.7. The second-order valence-electron chi connectivity index (χ2n) is 9.44. The van der Waals surface area contributed by atoms with Crippen molar-refractivity contribution in [3.63, 3.8) is 0 Å². The maximum absolute atomic E-state index is 12.9. The van der Waals surface area contributed by atoms with Gasteiger partial charge in [-0.3, -0.25) is 4.79 Å². The molecule has 2 N–H and O–H groups in total. The van der Waals surface area contributed by atoms with Gasteiger partial charge in [0.2, 0.25) is 0 Å². The van der Waals surface area contributed by atoms with E-state index in [1.807, 2.05) is 29.2 Å². The average molecular weight is 389 g/mol. The van der Waals surface area contributed by atoms with Crippen LogP contribution in [0.2, 0.25) is 5.02 Å². The number of aliphatic carboxylic acids is 1. The lowest BCUT2D eigenvalue weighted by Gasteiger charge is -2.59. The van der Waals surface area contributed by atoms with Crippen molar-refractivity contribution in [3.8, 4) is 0 Å². The lowest BCUT2D eigenvalue weighted by atomic mass is 9.47.